The normalized spacial score (nSPS) is 42.9. The Bertz CT molecular complexity index is 908. The zero-order valence-corrected chi connectivity index (χ0v) is 20.9. The number of ketones is 2. The molecular weight excluding hydrogens is 435 g/mol. The number of hydrogen-bond acceptors (Lipinski definition) is 5. The fourth-order valence-corrected chi connectivity index (χ4v) is 8.22. The minimum absolute atomic E-state index is 0.0681. The highest BCUT2D eigenvalue weighted by Crippen LogP contribution is 2.67. The van der Waals surface area contributed by atoms with Gasteiger partial charge in [-0.2, -0.15) is 0 Å². The number of unbranched alkanes of at least 4 members (excludes halogenated alkanes) is 2. The van der Waals surface area contributed by atoms with E-state index in [0.717, 1.165) is 25.7 Å². The lowest BCUT2D eigenvalue weighted by molar-refractivity contribution is -0.155. The van der Waals surface area contributed by atoms with Gasteiger partial charge in [0.2, 0.25) is 0 Å². The third kappa shape index (κ3) is 4.10. The van der Waals surface area contributed by atoms with Crippen LogP contribution in [0.2, 0.25) is 0 Å². The van der Waals surface area contributed by atoms with Crippen LogP contribution in [0.4, 0.5) is 4.39 Å². The molecule has 0 aliphatic heterocycles. The van der Waals surface area contributed by atoms with Crippen molar-refractivity contribution >= 4 is 17.5 Å². The molecule has 188 valence electrons. The molecule has 4 aliphatic rings. The van der Waals surface area contributed by atoms with Crippen LogP contribution < -0.4 is 0 Å². The molecule has 3 saturated carbocycles. The van der Waals surface area contributed by atoms with Gasteiger partial charge in [-0.25, -0.2) is 4.39 Å². The summed E-state index contributed by atoms with van der Waals surface area (Å²) in [6, 6.07) is 0. The van der Waals surface area contributed by atoms with Crippen molar-refractivity contribution in [3.05, 3.63) is 23.8 Å². The van der Waals surface area contributed by atoms with Gasteiger partial charge >= 0.3 is 5.97 Å². The second kappa shape index (κ2) is 9.33. The Morgan fingerprint density at radius 1 is 1.24 bits per heavy atom. The van der Waals surface area contributed by atoms with Crippen LogP contribution in [-0.2, 0) is 19.1 Å². The van der Waals surface area contributed by atoms with Crippen LogP contribution in [0.15, 0.2) is 23.8 Å². The first-order chi connectivity index (χ1) is 16.0. The second-order valence-corrected chi connectivity index (χ2v) is 11.7. The first-order valence-corrected chi connectivity index (χ1v) is 13.0. The Morgan fingerprint density at radius 2 is 1.97 bits per heavy atom. The van der Waals surface area contributed by atoms with Crippen LogP contribution in [0.5, 0.6) is 0 Å². The predicted molar refractivity (Wildman–Crippen MR) is 126 cm³/mol. The predicted octanol–water partition coefficient (Wildman–Crippen LogP) is 4.77. The van der Waals surface area contributed by atoms with Crippen LogP contribution >= 0.6 is 0 Å². The van der Waals surface area contributed by atoms with Gasteiger partial charge in [0, 0.05) is 23.7 Å². The van der Waals surface area contributed by atoms with Gasteiger partial charge in [0.15, 0.2) is 11.6 Å². The molecule has 9 atom stereocenters. The third-order valence-electron chi connectivity index (χ3n) is 9.52. The van der Waals surface area contributed by atoms with Crippen molar-refractivity contribution in [1.29, 1.82) is 0 Å². The summed E-state index contributed by atoms with van der Waals surface area (Å²) in [6.45, 7) is 7.89. The van der Waals surface area contributed by atoms with Crippen molar-refractivity contribution < 1.29 is 28.6 Å². The van der Waals surface area contributed by atoms with E-state index < -0.39 is 23.1 Å². The maximum atomic E-state index is 15.4. The molecule has 5 nitrogen and oxygen atoms in total. The van der Waals surface area contributed by atoms with E-state index in [0.29, 0.717) is 18.4 Å². The number of carbonyl (C=O) groups excluding carboxylic acids is 3. The number of carbonyl (C=O) groups is 3. The van der Waals surface area contributed by atoms with E-state index in [2.05, 4.69) is 20.8 Å². The summed E-state index contributed by atoms with van der Waals surface area (Å²) in [7, 11) is 0. The van der Waals surface area contributed by atoms with E-state index in [1.807, 2.05) is 6.92 Å². The molecule has 0 spiro atoms. The lowest BCUT2D eigenvalue weighted by atomic mass is 9.46. The molecule has 0 aromatic heterocycles. The van der Waals surface area contributed by atoms with Gasteiger partial charge in [-0.1, -0.05) is 46.6 Å². The van der Waals surface area contributed by atoms with Gasteiger partial charge < -0.3 is 9.84 Å². The summed E-state index contributed by atoms with van der Waals surface area (Å²) in [5.74, 6) is -1.07. The molecule has 0 heterocycles. The molecule has 0 saturated heterocycles. The van der Waals surface area contributed by atoms with E-state index in [1.165, 1.54) is 12.2 Å². The molecule has 0 aromatic rings. The molecule has 34 heavy (non-hydrogen) atoms. The van der Waals surface area contributed by atoms with Crippen molar-refractivity contribution in [3.8, 4) is 0 Å². The minimum atomic E-state index is -1.23. The number of ether oxygens (including phenoxy) is 1. The van der Waals surface area contributed by atoms with E-state index >= 15 is 4.39 Å². The molecular formula is C28H39FO5. The van der Waals surface area contributed by atoms with Crippen molar-refractivity contribution in [3.63, 3.8) is 0 Å². The molecule has 5 unspecified atom stereocenters. The zero-order valence-electron chi connectivity index (χ0n) is 20.9. The van der Waals surface area contributed by atoms with Crippen molar-refractivity contribution in [2.45, 2.75) is 84.9 Å². The largest absolute Gasteiger partial charge is 0.458 e. The number of hydrogen-bond donors (Lipinski definition) is 1. The number of alkyl halides is 1. The van der Waals surface area contributed by atoms with E-state index in [4.69, 9.17) is 4.74 Å². The zero-order chi connectivity index (χ0) is 24.8. The molecule has 3 fully saturated rings. The number of fused-ring (bicyclic) bond motifs is 5. The Kier molecular flexibility index (Phi) is 6.93. The van der Waals surface area contributed by atoms with Gasteiger partial charge in [0.05, 0.1) is 6.10 Å². The standard InChI is InChI=1S/C28H39FO5/c1-5-6-7-8-24(33)34-15-23(32)25-16(2)11-19-18-13-21(29)20-12-17(30)9-10-27(20,3)26(18)22(31)14-28(19,25)4/h9-10,12,16,18-19,21-22,25-26,31H,5-8,11,13-15H2,1-4H3/t16-,18?,19+,21-,22+,25?,26?,27?,28?/m0/s1. The van der Waals surface area contributed by atoms with Crippen molar-refractivity contribution in [2.75, 3.05) is 6.61 Å². The van der Waals surface area contributed by atoms with Gasteiger partial charge in [-0.3, -0.25) is 14.4 Å². The Morgan fingerprint density at radius 3 is 2.68 bits per heavy atom. The number of esters is 1. The van der Waals surface area contributed by atoms with Gasteiger partial charge in [-0.15, -0.1) is 0 Å². The fraction of sp³-hybridized carbons (Fsp3) is 0.750. The van der Waals surface area contributed by atoms with Crippen LogP contribution in [0.25, 0.3) is 0 Å². The molecule has 1 N–H and O–H groups in total. The average Bonchev–Trinajstić information content (AvgIpc) is 3.03. The smallest absolute Gasteiger partial charge is 0.306 e. The van der Waals surface area contributed by atoms with Gasteiger partial charge in [0.25, 0.3) is 0 Å². The number of allylic oxidation sites excluding steroid dienone is 4. The average molecular weight is 475 g/mol. The number of rotatable bonds is 7. The van der Waals surface area contributed by atoms with E-state index in [1.54, 1.807) is 6.08 Å². The summed E-state index contributed by atoms with van der Waals surface area (Å²) in [6.07, 6.45) is 7.33. The van der Waals surface area contributed by atoms with Crippen LogP contribution in [0.1, 0.15) is 72.6 Å². The monoisotopic (exact) mass is 474 g/mol. The summed E-state index contributed by atoms with van der Waals surface area (Å²) < 4.78 is 20.8. The van der Waals surface area contributed by atoms with E-state index in [-0.39, 0.29) is 60.2 Å². The fourth-order valence-electron chi connectivity index (χ4n) is 8.22. The van der Waals surface area contributed by atoms with Crippen LogP contribution in [-0.4, -0.2) is 41.5 Å². The topological polar surface area (TPSA) is 80.7 Å². The van der Waals surface area contributed by atoms with Crippen LogP contribution in [0.3, 0.4) is 0 Å². The van der Waals surface area contributed by atoms with Crippen molar-refractivity contribution in [2.24, 2.45) is 40.4 Å². The highest BCUT2D eigenvalue weighted by molar-refractivity contribution is 6.01. The van der Waals surface area contributed by atoms with Crippen molar-refractivity contribution in [1.82, 2.24) is 0 Å². The first-order valence-electron chi connectivity index (χ1n) is 13.0. The highest BCUT2D eigenvalue weighted by atomic mass is 19.1. The summed E-state index contributed by atoms with van der Waals surface area (Å²) in [5, 5.41) is 11.4. The lowest BCUT2D eigenvalue weighted by Gasteiger charge is -2.59. The van der Waals surface area contributed by atoms with E-state index in [9.17, 15) is 19.5 Å². The Hall–Kier alpha value is -1.82. The Labute approximate surface area is 202 Å². The highest BCUT2D eigenvalue weighted by Gasteiger charge is 2.65. The molecule has 0 radical (unpaired) electrons. The molecule has 0 amide bonds. The summed E-state index contributed by atoms with van der Waals surface area (Å²) in [5.41, 5.74) is -0.689. The number of halogens is 1. The molecule has 0 bridgehead atoms. The molecule has 6 heteroatoms. The second-order valence-electron chi connectivity index (χ2n) is 11.7. The SMILES string of the molecule is CCCCCC(=O)OCC(=O)C1[C@@H](C)C[C@@H]2C3C[C@H](F)C4=CC(=O)C=CC4(C)C3[C@H](O)CC12C. The number of aliphatic hydroxyl groups excluding tert-OH is 1. The Balaban J connectivity index is 1.54. The number of Topliss-reactive ketones (excluding diaryl/α,β-unsaturated/α-hetero) is 1. The summed E-state index contributed by atoms with van der Waals surface area (Å²) >= 11 is 0. The molecule has 0 aromatic carbocycles. The van der Waals surface area contributed by atoms with Crippen LogP contribution in [0, 0.1) is 40.4 Å². The maximum Gasteiger partial charge on any atom is 0.306 e. The van der Waals surface area contributed by atoms with Gasteiger partial charge in [-0.05, 0) is 66.6 Å². The quantitative estimate of drug-likeness (QED) is 0.425. The third-order valence-corrected chi connectivity index (χ3v) is 9.52. The maximum absolute atomic E-state index is 15.4. The first kappa shape index (κ1) is 25.3. The summed E-state index contributed by atoms with van der Waals surface area (Å²) in [4.78, 5) is 37.3. The number of aliphatic hydroxyl groups is 1. The minimum Gasteiger partial charge on any atom is -0.458 e. The van der Waals surface area contributed by atoms with Gasteiger partial charge in [0.1, 0.15) is 12.8 Å². The lowest BCUT2D eigenvalue weighted by Crippen LogP contribution is -2.58. The molecule has 4 aliphatic carbocycles. The molecule has 4 rings (SSSR count).